The summed E-state index contributed by atoms with van der Waals surface area (Å²) < 4.78 is 1.80. The number of carbonyl (C=O) groups is 1. The average molecular weight is 221 g/mol. The van der Waals surface area contributed by atoms with Crippen LogP contribution in [-0.4, -0.2) is 16.5 Å². The minimum Gasteiger partial charge on any atom is -0.278 e. The molecule has 1 aromatic carbocycles. The molecule has 15 heavy (non-hydrogen) atoms. The minimum absolute atomic E-state index is 0.153. The van der Waals surface area contributed by atoms with Crippen molar-refractivity contribution in [1.29, 1.82) is 0 Å². The van der Waals surface area contributed by atoms with Gasteiger partial charge in [-0.25, -0.2) is 0 Å². The molecule has 1 heterocycles. The van der Waals surface area contributed by atoms with Gasteiger partial charge in [0.25, 0.3) is 5.91 Å². The molecular formula is C12H15NOS. The molecule has 0 spiro atoms. The predicted molar refractivity (Wildman–Crippen MR) is 63.9 cm³/mol. The van der Waals surface area contributed by atoms with Crippen molar-refractivity contribution in [3.63, 3.8) is 0 Å². The van der Waals surface area contributed by atoms with Crippen LogP contribution in [0.3, 0.4) is 0 Å². The fourth-order valence-electron chi connectivity index (χ4n) is 1.80. The first kappa shape index (κ1) is 10.6. The Hall–Kier alpha value is -0.960. The van der Waals surface area contributed by atoms with Crippen LogP contribution in [0.25, 0.3) is 0 Å². The highest BCUT2D eigenvalue weighted by Gasteiger charge is 2.27. The summed E-state index contributed by atoms with van der Waals surface area (Å²) in [5, 5.41) is 0. The zero-order valence-electron chi connectivity index (χ0n) is 9.28. The lowest BCUT2D eigenvalue weighted by Gasteiger charge is -2.09. The minimum atomic E-state index is 0.153. The third kappa shape index (κ3) is 1.76. The summed E-state index contributed by atoms with van der Waals surface area (Å²) in [4.78, 5) is 11.9. The molecule has 80 valence electrons. The molecule has 0 aromatic heterocycles. The molecule has 2 rings (SSSR count). The maximum atomic E-state index is 11.9. The van der Waals surface area contributed by atoms with E-state index in [0.29, 0.717) is 5.92 Å². The van der Waals surface area contributed by atoms with Crippen molar-refractivity contribution in [2.75, 3.05) is 6.26 Å². The van der Waals surface area contributed by atoms with Crippen LogP contribution in [0.5, 0.6) is 0 Å². The molecule has 1 aliphatic rings. The second-order valence-electron chi connectivity index (χ2n) is 4.10. The van der Waals surface area contributed by atoms with Crippen molar-refractivity contribution in [1.82, 2.24) is 4.31 Å². The van der Waals surface area contributed by atoms with E-state index < -0.39 is 0 Å². The van der Waals surface area contributed by atoms with Gasteiger partial charge in [-0.1, -0.05) is 37.9 Å². The number of benzene rings is 1. The maximum absolute atomic E-state index is 11.9. The van der Waals surface area contributed by atoms with Crippen molar-refractivity contribution < 1.29 is 4.79 Å². The van der Waals surface area contributed by atoms with E-state index in [2.05, 4.69) is 26.0 Å². The van der Waals surface area contributed by atoms with E-state index in [0.717, 1.165) is 17.7 Å². The number of carbonyl (C=O) groups excluding carboxylic acids is 1. The zero-order chi connectivity index (χ0) is 11.0. The van der Waals surface area contributed by atoms with Crippen LogP contribution in [-0.2, 0) is 6.54 Å². The Bertz CT molecular complexity index is 401. The molecule has 0 atom stereocenters. The van der Waals surface area contributed by atoms with Crippen molar-refractivity contribution in [3.05, 3.63) is 34.9 Å². The Balaban J connectivity index is 2.40. The molecule has 2 nitrogen and oxygen atoms in total. The summed E-state index contributed by atoms with van der Waals surface area (Å²) >= 11 is 1.50. The van der Waals surface area contributed by atoms with Crippen LogP contribution in [0.1, 0.15) is 41.3 Å². The molecule has 3 heteroatoms. The van der Waals surface area contributed by atoms with Gasteiger partial charge in [0, 0.05) is 11.8 Å². The zero-order valence-corrected chi connectivity index (χ0v) is 10.1. The quantitative estimate of drug-likeness (QED) is 0.715. The first-order valence-corrected chi connectivity index (χ1v) is 6.30. The fourth-order valence-corrected chi connectivity index (χ4v) is 2.33. The molecule has 1 aliphatic heterocycles. The van der Waals surface area contributed by atoms with Gasteiger partial charge in [0.1, 0.15) is 0 Å². The topological polar surface area (TPSA) is 20.3 Å². The van der Waals surface area contributed by atoms with E-state index in [1.165, 1.54) is 17.5 Å². The summed E-state index contributed by atoms with van der Waals surface area (Å²) in [6.07, 6.45) is 1.94. The molecule has 0 bridgehead atoms. The molecule has 1 amide bonds. The molecule has 0 fully saturated rings. The van der Waals surface area contributed by atoms with Gasteiger partial charge in [0.15, 0.2) is 0 Å². The Kier molecular flexibility index (Phi) is 2.74. The van der Waals surface area contributed by atoms with Gasteiger partial charge in [0.2, 0.25) is 0 Å². The van der Waals surface area contributed by atoms with Gasteiger partial charge in [-0.3, -0.25) is 9.10 Å². The lowest BCUT2D eigenvalue weighted by molar-refractivity contribution is 0.0889. The average Bonchev–Trinajstić information content (AvgIpc) is 2.55. The SMILES string of the molecule is CSN1Cc2ccc(C(C)C)cc2C1=O. The van der Waals surface area contributed by atoms with Crippen LogP contribution in [0.15, 0.2) is 18.2 Å². The van der Waals surface area contributed by atoms with Gasteiger partial charge < -0.3 is 0 Å². The van der Waals surface area contributed by atoms with Gasteiger partial charge in [-0.05, 0) is 23.1 Å². The molecule has 0 radical (unpaired) electrons. The monoisotopic (exact) mass is 221 g/mol. The third-order valence-electron chi connectivity index (χ3n) is 2.79. The second kappa shape index (κ2) is 3.89. The summed E-state index contributed by atoms with van der Waals surface area (Å²) in [5.74, 6) is 0.631. The molecule has 0 aliphatic carbocycles. The molecule has 0 N–H and O–H groups in total. The van der Waals surface area contributed by atoms with Gasteiger partial charge in [0.05, 0.1) is 6.54 Å². The number of rotatable bonds is 2. The fraction of sp³-hybridized carbons (Fsp3) is 0.417. The Morgan fingerprint density at radius 3 is 2.73 bits per heavy atom. The van der Waals surface area contributed by atoms with E-state index >= 15 is 0 Å². The van der Waals surface area contributed by atoms with Crippen LogP contribution in [0.4, 0.5) is 0 Å². The van der Waals surface area contributed by atoms with Gasteiger partial charge in [-0.15, -0.1) is 0 Å². The van der Waals surface area contributed by atoms with Crippen LogP contribution < -0.4 is 0 Å². The van der Waals surface area contributed by atoms with E-state index in [1.807, 2.05) is 12.3 Å². The van der Waals surface area contributed by atoms with Gasteiger partial charge >= 0.3 is 0 Å². The summed E-state index contributed by atoms with van der Waals surface area (Å²) in [6, 6.07) is 6.25. The standard InChI is InChI=1S/C12H15NOS/c1-8(2)9-4-5-10-7-13(15-3)12(14)11(10)6-9/h4-6,8H,7H2,1-3H3. The van der Waals surface area contributed by atoms with Crippen molar-refractivity contribution in [2.24, 2.45) is 0 Å². The number of hydrogen-bond donors (Lipinski definition) is 0. The summed E-state index contributed by atoms with van der Waals surface area (Å²) in [7, 11) is 0. The predicted octanol–water partition coefficient (Wildman–Crippen LogP) is 3.04. The van der Waals surface area contributed by atoms with Crippen molar-refractivity contribution in [2.45, 2.75) is 26.3 Å². The summed E-state index contributed by atoms with van der Waals surface area (Å²) in [5.41, 5.74) is 3.28. The largest absolute Gasteiger partial charge is 0.278 e. The number of nitrogens with zero attached hydrogens (tertiary/aromatic N) is 1. The van der Waals surface area contributed by atoms with E-state index in [1.54, 1.807) is 4.31 Å². The molecule has 0 saturated heterocycles. The lowest BCUT2D eigenvalue weighted by atomic mass is 9.98. The van der Waals surface area contributed by atoms with Crippen LogP contribution >= 0.6 is 11.9 Å². The first-order chi connectivity index (χ1) is 7.13. The number of fused-ring (bicyclic) bond motifs is 1. The smallest absolute Gasteiger partial charge is 0.264 e. The van der Waals surface area contributed by atoms with E-state index in [9.17, 15) is 4.79 Å². The maximum Gasteiger partial charge on any atom is 0.264 e. The van der Waals surface area contributed by atoms with Crippen LogP contribution in [0, 0.1) is 0 Å². The summed E-state index contributed by atoms with van der Waals surface area (Å²) in [6.45, 7) is 5.04. The highest BCUT2D eigenvalue weighted by atomic mass is 32.2. The number of hydrogen-bond acceptors (Lipinski definition) is 2. The van der Waals surface area contributed by atoms with Crippen LogP contribution in [0.2, 0.25) is 0 Å². The van der Waals surface area contributed by atoms with E-state index in [4.69, 9.17) is 0 Å². The highest BCUT2D eigenvalue weighted by molar-refractivity contribution is 7.96. The highest BCUT2D eigenvalue weighted by Crippen LogP contribution is 2.29. The van der Waals surface area contributed by atoms with Crippen molar-refractivity contribution in [3.8, 4) is 0 Å². The Morgan fingerprint density at radius 1 is 1.40 bits per heavy atom. The Morgan fingerprint density at radius 2 is 2.13 bits per heavy atom. The third-order valence-corrected chi connectivity index (χ3v) is 3.53. The second-order valence-corrected chi connectivity index (χ2v) is 4.90. The van der Waals surface area contributed by atoms with Gasteiger partial charge in [-0.2, -0.15) is 0 Å². The van der Waals surface area contributed by atoms with Crippen molar-refractivity contribution >= 4 is 17.9 Å². The molecule has 0 unspecified atom stereocenters. The molecular weight excluding hydrogens is 206 g/mol. The molecule has 1 aromatic rings. The Labute approximate surface area is 94.8 Å². The number of amides is 1. The molecule has 0 saturated carbocycles. The lowest BCUT2D eigenvalue weighted by Crippen LogP contribution is -2.14. The van der Waals surface area contributed by atoms with E-state index in [-0.39, 0.29) is 5.91 Å². The first-order valence-electron chi connectivity index (χ1n) is 5.12. The normalized spacial score (nSPS) is 14.9.